The zero-order valence-electron chi connectivity index (χ0n) is 11.3. The Bertz CT molecular complexity index is 750. The minimum Gasteiger partial charge on any atom is -0.396 e. The molecule has 0 unspecified atom stereocenters. The Morgan fingerprint density at radius 2 is 2.29 bits per heavy atom. The van der Waals surface area contributed by atoms with Gasteiger partial charge in [-0.15, -0.1) is 11.3 Å². The highest BCUT2D eigenvalue weighted by Gasteiger charge is 2.16. The van der Waals surface area contributed by atoms with Gasteiger partial charge < -0.3 is 16.0 Å². The van der Waals surface area contributed by atoms with Gasteiger partial charge >= 0.3 is 0 Å². The number of amides is 1. The lowest BCUT2D eigenvalue weighted by Crippen LogP contribution is -2.24. The topological polar surface area (TPSA) is 96.7 Å². The molecule has 4 N–H and O–H groups in total. The van der Waals surface area contributed by atoms with Crippen LogP contribution in [0.25, 0.3) is 10.2 Å². The second-order valence-corrected chi connectivity index (χ2v) is 5.64. The molecule has 108 valence electrons. The first-order valence-corrected chi connectivity index (χ1v) is 7.47. The molecule has 21 heavy (non-hydrogen) atoms. The van der Waals surface area contributed by atoms with Crippen molar-refractivity contribution in [2.75, 3.05) is 12.3 Å². The molecule has 7 heteroatoms. The van der Waals surface area contributed by atoms with Gasteiger partial charge in [0.1, 0.15) is 16.2 Å². The van der Waals surface area contributed by atoms with Crippen molar-refractivity contribution in [3.63, 3.8) is 0 Å². The summed E-state index contributed by atoms with van der Waals surface area (Å²) < 4.78 is 0.927. The summed E-state index contributed by atoms with van der Waals surface area (Å²) in [6.45, 7) is 0.584. The van der Waals surface area contributed by atoms with Crippen LogP contribution in [0.5, 0.6) is 0 Å². The van der Waals surface area contributed by atoms with E-state index in [1.807, 2.05) is 12.1 Å². The number of anilines is 1. The van der Waals surface area contributed by atoms with Crippen LogP contribution in [0.1, 0.15) is 21.9 Å². The molecule has 0 saturated heterocycles. The smallest absolute Gasteiger partial charge is 0.263 e. The number of rotatable bonds is 5. The number of carbonyl (C=O) groups excluding carboxylic acids is 1. The second kappa shape index (κ2) is 5.92. The predicted molar refractivity (Wildman–Crippen MR) is 83.3 cm³/mol. The van der Waals surface area contributed by atoms with E-state index in [2.05, 4.69) is 20.3 Å². The molecule has 3 heterocycles. The van der Waals surface area contributed by atoms with Crippen LogP contribution >= 0.6 is 11.3 Å². The van der Waals surface area contributed by atoms with Crippen molar-refractivity contribution in [3.05, 3.63) is 41.4 Å². The number of fused-ring (bicyclic) bond motifs is 1. The predicted octanol–water partition coefficient (Wildman–Crippen LogP) is 1.96. The fourth-order valence-electron chi connectivity index (χ4n) is 2.09. The number of imidazole rings is 1. The molecular weight excluding hydrogens is 286 g/mol. The monoisotopic (exact) mass is 301 g/mol. The van der Waals surface area contributed by atoms with E-state index in [1.165, 1.54) is 11.3 Å². The number of aromatic amines is 1. The lowest BCUT2D eigenvalue weighted by Gasteiger charge is -2.03. The van der Waals surface area contributed by atoms with Crippen LogP contribution in [0.2, 0.25) is 0 Å². The number of hydrogen-bond donors (Lipinski definition) is 3. The van der Waals surface area contributed by atoms with E-state index in [1.54, 1.807) is 18.6 Å². The van der Waals surface area contributed by atoms with Gasteiger partial charge in [0.2, 0.25) is 0 Å². The van der Waals surface area contributed by atoms with Crippen molar-refractivity contribution < 1.29 is 4.79 Å². The van der Waals surface area contributed by atoms with E-state index in [0.29, 0.717) is 22.6 Å². The van der Waals surface area contributed by atoms with E-state index in [4.69, 9.17) is 5.73 Å². The van der Waals surface area contributed by atoms with Gasteiger partial charge in [0, 0.05) is 31.6 Å². The summed E-state index contributed by atoms with van der Waals surface area (Å²) in [5.41, 5.74) is 7.15. The Morgan fingerprint density at radius 1 is 1.38 bits per heavy atom. The Kier molecular flexibility index (Phi) is 3.83. The molecule has 0 bridgehead atoms. The van der Waals surface area contributed by atoms with Gasteiger partial charge in [0.15, 0.2) is 0 Å². The van der Waals surface area contributed by atoms with Crippen LogP contribution in [0, 0.1) is 0 Å². The lowest BCUT2D eigenvalue weighted by molar-refractivity contribution is 0.0958. The Hall–Kier alpha value is -2.41. The number of aromatic nitrogens is 3. The van der Waals surface area contributed by atoms with Crippen molar-refractivity contribution in [3.8, 4) is 0 Å². The lowest BCUT2D eigenvalue weighted by atomic mass is 10.3. The number of H-pyrrole nitrogens is 1. The summed E-state index contributed by atoms with van der Waals surface area (Å²) in [5, 5.41) is 2.89. The number of nitrogens with zero attached hydrogens (tertiary/aromatic N) is 2. The van der Waals surface area contributed by atoms with Crippen molar-refractivity contribution in [1.82, 2.24) is 20.3 Å². The molecule has 0 aliphatic rings. The third-order valence-electron chi connectivity index (χ3n) is 3.12. The van der Waals surface area contributed by atoms with Crippen LogP contribution in [0.4, 0.5) is 5.69 Å². The quantitative estimate of drug-likeness (QED) is 0.628. The number of nitrogens with one attached hydrogen (secondary N) is 2. The summed E-state index contributed by atoms with van der Waals surface area (Å²) in [4.78, 5) is 24.1. The van der Waals surface area contributed by atoms with Crippen LogP contribution in [-0.2, 0) is 6.42 Å². The minimum atomic E-state index is -0.144. The number of pyridine rings is 1. The molecule has 0 atom stereocenters. The average molecular weight is 301 g/mol. The number of aryl methyl sites for hydroxylation is 1. The third kappa shape index (κ3) is 2.87. The maximum Gasteiger partial charge on any atom is 0.263 e. The van der Waals surface area contributed by atoms with E-state index in [9.17, 15) is 4.79 Å². The van der Waals surface area contributed by atoms with Gasteiger partial charge in [-0.25, -0.2) is 4.98 Å². The van der Waals surface area contributed by atoms with Crippen LogP contribution in [-0.4, -0.2) is 27.4 Å². The maximum atomic E-state index is 12.2. The Balaban J connectivity index is 1.60. The number of nitrogen functional groups attached to an aromatic ring is 1. The molecule has 0 spiro atoms. The van der Waals surface area contributed by atoms with Gasteiger partial charge in [-0.2, -0.15) is 0 Å². The highest BCUT2D eigenvalue weighted by Crippen LogP contribution is 2.31. The molecule has 1 amide bonds. The first-order chi connectivity index (χ1) is 10.3. The molecule has 0 aliphatic carbocycles. The van der Waals surface area contributed by atoms with Gasteiger partial charge in [-0.05, 0) is 18.6 Å². The van der Waals surface area contributed by atoms with E-state index >= 15 is 0 Å². The fraction of sp³-hybridized carbons (Fsp3) is 0.214. The fourth-order valence-corrected chi connectivity index (χ4v) is 3.09. The highest BCUT2D eigenvalue weighted by atomic mass is 32.1. The summed E-state index contributed by atoms with van der Waals surface area (Å²) in [6, 6.07) is 3.75. The molecule has 0 radical (unpaired) electrons. The number of nitrogens with two attached hydrogens (primary N) is 1. The molecule has 3 aromatic heterocycles. The normalized spacial score (nSPS) is 10.9. The molecule has 0 saturated carbocycles. The summed E-state index contributed by atoms with van der Waals surface area (Å²) >= 11 is 1.37. The van der Waals surface area contributed by atoms with Crippen LogP contribution < -0.4 is 11.1 Å². The van der Waals surface area contributed by atoms with E-state index in [-0.39, 0.29) is 5.91 Å². The highest BCUT2D eigenvalue weighted by molar-refractivity contribution is 7.21. The van der Waals surface area contributed by atoms with Crippen molar-refractivity contribution in [2.45, 2.75) is 12.8 Å². The first kappa shape index (κ1) is 13.6. The van der Waals surface area contributed by atoms with Gasteiger partial charge in [-0.1, -0.05) is 0 Å². The molecule has 0 aromatic carbocycles. The maximum absolute atomic E-state index is 12.2. The Morgan fingerprint density at radius 3 is 3.05 bits per heavy atom. The summed E-state index contributed by atoms with van der Waals surface area (Å²) in [5.74, 6) is 0.782. The molecule has 6 nitrogen and oxygen atoms in total. The summed E-state index contributed by atoms with van der Waals surface area (Å²) in [7, 11) is 0. The first-order valence-electron chi connectivity index (χ1n) is 6.65. The molecule has 0 fully saturated rings. The standard InChI is InChI=1S/C14H15N5OS/c15-11-12-9(3-1-5-18-12)21-13(11)14(20)19-6-2-4-10-16-7-8-17-10/h1,3,5,7-8H,2,4,6,15H2,(H,16,17)(H,19,20). The zero-order valence-corrected chi connectivity index (χ0v) is 12.1. The molecular formula is C14H15N5OS. The van der Waals surface area contributed by atoms with Gasteiger partial charge in [0.05, 0.1) is 10.4 Å². The average Bonchev–Trinajstić information content (AvgIpc) is 3.12. The zero-order chi connectivity index (χ0) is 14.7. The second-order valence-electron chi connectivity index (χ2n) is 4.59. The van der Waals surface area contributed by atoms with Crippen LogP contribution in [0.15, 0.2) is 30.7 Å². The van der Waals surface area contributed by atoms with Gasteiger partial charge in [-0.3, -0.25) is 9.78 Å². The molecule has 3 aromatic rings. The largest absolute Gasteiger partial charge is 0.396 e. The number of carbonyl (C=O) groups is 1. The third-order valence-corrected chi connectivity index (χ3v) is 4.28. The van der Waals surface area contributed by atoms with Crippen LogP contribution in [0.3, 0.4) is 0 Å². The van der Waals surface area contributed by atoms with Crippen molar-refractivity contribution in [1.29, 1.82) is 0 Å². The molecule has 0 aliphatic heterocycles. The molecule has 3 rings (SSSR count). The Labute approximate surface area is 125 Å². The summed E-state index contributed by atoms with van der Waals surface area (Å²) in [6.07, 6.45) is 6.81. The van der Waals surface area contributed by atoms with Crippen molar-refractivity contribution >= 4 is 33.1 Å². The minimum absolute atomic E-state index is 0.144. The van der Waals surface area contributed by atoms with Crippen molar-refractivity contribution in [2.24, 2.45) is 0 Å². The van der Waals surface area contributed by atoms with Gasteiger partial charge in [0.25, 0.3) is 5.91 Å². The van der Waals surface area contributed by atoms with E-state index < -0.39 is 0 Å². The van der Waals surface area contributed by atoms with E-state index in [0.717, 1.165) is 23.4 Å². The SMILES string of the molecule is Nc1c(C(=O)NCCCc2ncc[nH]2)sc2cccnc12. The number of thiophene rings is 1. The number of hydrogen-bond acceptors (Lipinski definition) is 5.